The first-order valence-corrected chi connectivity index (χ1v) is 6.10. The maximum atomic E-state index is 2.27. The van der Waals surface area contributed by atoms with Crippen molar-refractivity contribution < 1.29 is 0 Å². The number of hydrogen-bond donors (Lipinski definition) is 0. The molecule has 0 atom stereocenters. The van der Waals surface area contributed by atoms with E-state index in [4.69, 9.17) is 0 Å². The highest BCUT2D eigenvalue weighted by atomic mass is 32.2. The van der Waals surface area contributed by atoms with E-state index in [0.29, 0.717) is 5.92 Å². The van der Waals surface area contributed by atoms with Crippen LogP contribution in [0.1, 0.15) is 46.5 Å². The molecule has 1 heteroatoms. The maximum absolute atomic E-state index is 2.27. The maximum Gasteiger partial charge on any atom is -0.00261 e. The third kappa shape index (κ3) is 10.1. The van der Waals surface area contributed by atoms with Crippen molar-refractivity contribution in [2.24, 2.45) is 5.92 Å². The van der Waals surface area contributed by atoms with Gasteiger partial charge in [0.2, 0.25) is 0 Å². The molecule has 0 nitrogen and oxygen atoms in total. The summed E-state index contributed by atoms with van der Waals surface area (Å²) in [6.45, 7) is 6.69. The normalized spacial score (nSPS) is 11.7. The fourth-order valence-electron chi connectivity index (χ4n) is 0.893. The van der Waals surface area contributed by atoms with Gasteiger partial charge >= 0.3 is 0 Å². The average Bonchev–Trinajstić information content (AvgIpc) is 2.02. The molecule has 0 N–H and O–H groups in total. The van der Waals surface area contributed by atoms with Crippen LogP contribution in [0.15, 0.2) is 11.5 Å². The van der Waals surface area contributed by atoms with Gasteiger partial charge < -0.3 is 0 Å². The number of thioether (sulfide) groups is 1. The van der Waals surface area contributed by atoms with Gasteiger partial charge in [-0.05, 0) is 23.5 Å². The van der Waals surface area contributed by atoms with Crippen LogP contribution in [0.2, 0.25) is 0 Å². The van der Waals surface area contributed by atoms with Crippen molar-refractivity contribution in [3.05, 3.63) is 11.5 Å². The molecule has 0 bridgehead atoms. The van der Waals surface area contributed by atoms with Gasteiger partial charge in [0.05, 0.1) is 0 Å². The van der Waals surface area contributed by atoms with Crippen LogP contribution in [0.4, 0.5) is 0 Å². The zero-order valence-electron chi connectivity index (χ0n) is 8.68. The van der Waals surface area contributed by atoms with Crippen LogP contribution in [0.3, 0.4) is 0 Å². The van der Waals surface area contributed by atoms with Crippen LogP contribution in [-0.4, -0.2) is 5.75 Å². The van der Waals surface area contributed by atoms with Crippen molar-refractivity contribution in [2.75, 3.05) is 5.75 Å². The third-order valence-electron chi connectivity index (χ3n) is 1.68. The van der Waals surface area contributed by atoms with Gasteiger partial charge in [0, 0.05) is 0 Å². The molecule has 0 radical (unpaired) electrons. The second-order valence-electron chi connectivity index (χ2n) is 3.50. The second kappa shape index (κ2) is 9.18. The van der Waals surface area contributed by atoms with Gasteiger partial charge in [0.25, 0.3) is 0 Å². The summed E-state index contributed by atoms with van der Waals surface area (Å²) < 4.78 is 0. The molecule has 0 rings (SSSR count). The molecule has 72 valence electrons. The minimum Gasteiger partial charge on any atom is -0.134 e. The Hall–Kier alpha value is 0.0900. The third-order valence-corrected chi connectivity index (χ3v) is 2.55. The molecule has 0 spiro atoms. The average molecular weight is 186 g/mol. The molecule has 0 aliphatic carbocycles. The first-order valence-electron chi connectivity index (χ1n) is 5.05. The Kier molecular flexibility index (Phi) is 9.25. The van der Waals surface area contributed by atoms with Crippen molar-refractivity contribution in [1.82, 2.24) is 0 Å². The Bertz CT molecular complexity index is 106. The lowest BCUT2D eigenvalue weighted by atomic mass is 10.2. The van der Waals surface area contributed by atoms with Gasteiger partial charge in [-0.1, -0.05) is 46.1 Å². The summed E-state index contributed by atoms with van der Waals surface area (Å²) in [5, 5.41) is 2.25. The zero-order valence-corrected chi connectivity index (χ0v) is 9.49. The smallest absolute Gasteiger partial charge is 0.00261 e. The molecule has 0 saturated heterocycles. The van der Waals surface area contributed by atoms with Gasteiger partial charge in [0.15, 0.2) is 0 Å². The fraction of sp³-hybridized carbons (Fsp3) is 0.818. The van der Waals surface area contributed by atoms with Crippen molar-refractivity contribution >= 4 is 11.8 Å². The second-order valence-corrected chi connectivity index (χ2v) is 4.52. The molecule has 0 aliphatic rings. The van der Waals surface area contributed by atoms with E-state index >= 15 is 0 Å². The van der Waals surface area contributed by atoms with Crippen LogP contribution in [0.25, 0.3) is 0 Å². The quantitative estimate of drug-likeness (QED) is 0.529. The first-order chi connectivity index (χ1) is 5.77. The van der Waals surface area contributed by atoms with Gasteiger partial charge in [-0.25, -0.2) is 0 Å². The predicted octanol–water partition coefficient (Wildman–Crippen LogP) is 4.47. The molecule has 0 fully saturated rings. The molecule has 0 amide bonds. The monoisotopic (exact) mass is 186 g/mol. The minimum absolute atomic E-state index is 0.702. The Morgan fingerprint density at radius 1 is 1.17 bits per heavy atom. The van der Waals surface area contributed by atoms with E-state index in [1.165, 1.54) is 31.4 Å². The van der Waals surface area contributed by atoms with E-state index < -0.39 is 0 Å². The summed E-state index contributed by atoms with van der Waals surface area (Å²) in [4.78, 5) is 0. The van der Waals surface area contributed by atoms with Crippen LogP contribution in [-0.2, 0) is 0 Å². The van der Waals surface area contributed by atoms with E-state index in [0.717, 1.165) is 0 Å². The number of rotatable bonds is 7. The van der Waals surface area contributed by atoms with Crippen LogP contribution < -0.4 is 0 Å². The van der Waals surface area contributed by atoms with E-state index in [9.17, 15) is 0 Å². The fourth-order valence-corrected chi connectivity index (χ4v) is 1.83. The highest BCUT2D eigenvalue weighted by molar-refractivity contribution is 8.02. The molecule has 0 aromatic heterocycles. The number of hydrogen-bond acceptors (Lipinski definition) is 1. The summed E-state index contributed by atoms with van der Waals surface area (Å²) >= 11 is 1.95. The van der Waals surface area contributed by atoms with E-state index in [-0.39, 0.29) is 0 Å². The molecule has 0 aromatic carbocycles. The summed E-state index contributed by atoms with van der Waals surface area (Å²) in [6, 6.07) is 0. The van der Waals surface area contributed by atoms with Crippen LogP contribution >= 0.6 is 11.8 Å². The van der Waals surface area contributed by atoms with Gasteiger partial charge in [0.1, 0.15) is 0 Å². The molecular formula is C11H22S. The molecule has 0 heterocycles. The Labute approximate surface area is 81.8 Å². The number of allylic oxidation sites excluding steroid dienone is 1. The lowest BCUT2D eigenvalue weighted by Gasteiger charge is -1.96. The van der Waals surface area contributed by atoms with Crippen molar-refractivity contribution in [3.63, 3.8) is 0 Å². The van der Waals surface area contributed by atoms with Gasteiger partial charge in [-0.3, -0.25) is 0 Å². The molecule has 0 aliphatic heterocycles. The van der Waals surface area contributed by atoms with Crippen molar-refractivity contribution in [3.8, 4) is 0 Å². The predicted molar refractivity (Wildman–Crippen MR) is 60.6 cm³/mol. The minimum atomic E-state index is 0.702. The summed E-state index contributed by atoms with van der Waals surface area (Å²) in [7, 11) is 0. The lowest BCUT2D eigenvalue weighted by molar-refractivity contribution is 0.707. The van der Waals surface area contributed by atoms with E-state index in [1.807, 2.05) is 11.8 Å². The highest BCUT2D eigenvalue weighted by Gasteiger charge is 1.87. The lowest BCUT2D eigenvalue weighted by Crippen LogP contribution is -1.79. The Morgan fingerprint density at radius 3 is 2.50 bits per heavy atom. The van der Waals surface area contributed by atoms with Crippen molar-refractivity contribution in [2.45, 2.75) is 46.5 Å². The summed E-state index contributed by atoms with van der Waals surface area (Å²) in [5.41, 5.74) is 0. The summed E-state index contributed by atoms with van der Waals surface area (Å²) in [6.07, 6.45) is 7.78. The molecular weight excluding hydrogens is 164 g/mol. The van der Waals surface area contributed by atoms with Crippen molar-refractivity contribution in [1.29, 1.82) is 0 Å². The highest BCUT2D eigenvalue weighted by Crippen LogP contribution is 2.09. The SMILES string of the molecule is CCCCCCS/C=C/C(C)C. The standard InChI is InChI=1S/C11H22S/c1-4-5-6-7-9-12-10-8-11(2)3/h8,10-11H,4-7,9H2,1-3H3/b10-8+. The van der Waals surface area contributed by atoms with Crippen LogP contribution in [0, 0.1) is 5.92 Å². The largest absolute Gasteiger partial charge is 0.134 e. The molecule has 12 heavy (non-hydrogen) atoms. The van der Waals surface area contributed by atoms with Gasteiger partial charge in [-0.15, -0.1) is 11.8 Å². The topological polar surface area (TPSA) is 0 Å². The zero-order chi connectivity index (χ0) is 9.23. The summed E-state index contributed by atoms with van der Waals surface area (Å²) in [5.74, 6) is 2.00. The Balaban J connectivity index is 3.00. The Morgan fingerprint density at radius 2 is 1.92 bits per heavy atom. The van der Waals surface area contributed by atoms with Crippen LogP contribution in [0.5, 0.6) is 0 Å². The van der Waals surface area contributed by atoms with E-state index in [2.05, 4.69) is 32.3 Å². The number of unbranched alkanes of at least 4 members (excludes halogenated alkanes) is 3. The molecule has 0 saturated carbocycles. The molecule has 0 aromatic rings. The first kappa shape index (κ1) is 12.1. The molecule has 0 unspecified atom stereocenters. The van der Waals surface area contributed by atoms with Gasteiger partial charge in [-0.2, -0.15) is 0 Å². The van der Waals surface area contributed by atoms with E-state index in [1.54, 1.807) is 0 Å².